The number of aryl methyl sites for hydroxylation is 1. The molecule has 2 rings (SSSR count). The van der Waals surface area contributed by atoms with Crippen LogP contribution in [-0.4, -0.2) is 0 Å². The molecule has 0 bridgehead atoms. The van der Waals surface area contributed by atoms with Gasteiger partial charge in [0.15, 0.2) is 0 Å². The predicted molar refractivity (Wildman–Crippen MR) is 66.1 cm³/mol. The fraction of sp³-hybridized carbons (Fsp3) is 0.467. The van der Waals surface area contributed by atoms with Crippen LogP contribution in [0.5, 0.6) is 0 Å². The Kier molecular flexibility index (Phi) is 2.68. The van der Waals surface area contributed by atoms with E-state index in [1.807, 2.05) is 0 Å². The van der Waals surface area contributed by atoms with E-state index < -0.39 is 0 Å². The lowest BCUT2D eigenvalue weighted by atomic mass is 9.71. The van der Waals surface area contributed by atoms with E-state index in [-0.39, 0.29) is 5.41 Å². The maximum atomic E-state index is 2.39. The number of benzene rings is 1. The maximum absolute atomic E-state index is 2.39. The molecule has 0 N–H and O–H groups in total. The van der Waals surface area contributed by atoms with E-state index >= 15 is 0 Å². The molecular weight excluding hydrogens is 180 g/mol. The molecule has 0 heterocycles. The monoisotopic (exact) mass is 200 g/mol. The van der Waals surface area contributed by atoms with Gasteiger partial charge in [0.2, 0.25) is 0 Å². The van der Waals surface area contributed by atoms with Crippen LogP contribution in [0.15, 0.2) is 36.4 Å². The summed E-state index contributed by atoms with van der Waals surface area (Å²) in [4.78, 5) is 0. The Morgan fingerprint density at radius 2 is 2.13 bits per heavy atom. The molecule has 1 aliphatic rings. The summed E-state index contributed by atoms with van der Waals surface area (Å²) >= 11 is 0. The fourth-order valence-electron chi connectivity index (χ4n) is 2.65. The molecule has 0 spiro atoms. The van der Waals surface area contributed by atoms with Crippen molar-refractivity contribution in [1.82, 2.24) is 0 Å². The Labute approximate surface area is 93.0 Å². The second-order valence-corrected chi connectivity index (χ2v) is 5.23. The summed E-state index contributed by atoms with van der Waals surface area (Å²) in [6, 6.07) is 8.92. The molecule has 1 aromatic carbocycles. The lowest BCUT2D eigenvalue weighted by molar-refractivity contribution is 0.396. The van der Waals surface area contributed by atoms with Crippen molar-refractivity contribution in [2.45, 2.75) is 39.0 Å². The first-order valence-electron chi connectivity index (χ1n) is 5.85. The van der Waals surface area contributed by atoms with Gasteiger partial charge in [-0.1, -0.05) is 55.8 Å². The first kappa shape index (κ1) is 10.5. The van der Waals surface area contributed by atoms with E-state index in [4.69, 9.17) is 0 Å². The van der Waals surface area contributed by atoms with Gasteiger partial charge in [-0.2, -0.15) is 0 Å². The molecule has 0 aromatic heterocycles. The van der Waals surface area contributed by atoms with Crippen molar-refractivity contribution in [3.8, 4) is 0 Å². The van der Waals surface area contributed by atoms with Gasteiger partial charge in [-0.15, -0.1) is 0 Å². The molecule has 2 atom stereocenters. The normalized spacial score (nSPS) is 30.5. The minimum absolute atomic E-state index is 0.254. The molecular formula is C15H20. The summed E-state index contributed by atoms with van der Waals surface area (Å²) in [6.07, 6.45) is 7.24. The summed E-state index contributed by atoms with van der Waals surface area (Å²) in [5, 5.41) is 0. The van der Waals surface area contributed by atoms with Gasteiger partial charge >= 0.3 is 0 Å². The van der Waals surface area contributed by atoms with E-state index in [1.54, 1.807) is 0 Å². The topological polar surface area (TPSA) is 0 Å². The lowest BCUT2D eigenvalue weighted by Gasteiger charge is -2.33. The van der Waals surface area contributed by atoms with Crippen LogP contribution < -0.4 is 0 Å². The summed E-state index contributed by atoms with van der Waals surface area (Å²) in [6.45, 7) is 6.87. The number of hydrogen-bond donors (Lipinski definition) is 0. The highest BCUT2D eigenvalue weighted by Gasteiger charge is 2.28. The Hall–Kier alpha value is -1.04. The molecule has 0 fully saturated rings. The van der Waals surface area contributed by atoms with Gasteiger partial charge in [-0.25, -0.2) is 0 Å². The van der Waals surface area contributed by atoms with Crippen LogP contribution in [0.2, 0.25) is 0 Å². The fourth-order valence-corrected chi connectivity index (χ4v) is 2.65. The summed E-state index contributed by atoms with van der Waals surface area (Å²) in [5.41, 5.74) is 3.08. The van der Waals surface area contributed by atoms with Crippen molar-refractivity contribution in [2.24, 2.45) is 5.92 Å². The van der Waals surface area contributed by atoms with Gasteiger partial charge in [-0.05, 0) is 31.2 Å². The Balaban J connectivity index is 2.36. The minimum atomic E-state index is 0.254. The standard InChI is InChI=1S/C15H20/c1-12-6-4-8-14(10-12)15(3)9-5-7-13(2)11-15/h4-6,8-10,13H,7,11H2,1-3H3. The zero-order valence-corrected chi connectivity index (χ0v) is 9.96. The average molecular weight is 200 g/mol. The molecule has 0 saturated carbocycles. The van der Waals surface area contributed by atoms with E-state index in [2.05, 4.69) is 57.2 Å². The first-order chi connectivity index (χ1) is 7.10. The number of allylic oxidation sites excluding steroid dienone is 2. The molecule has 0 saturated heterocycles. The van der Waals surface area contributed by atoms with Crippen molar-refractivity contribution in [2.75, 3.05) is 0 Å². The average Bonchev–Trinajstić information content (AvgIpc) is 2.17. The Morgan fingerprint density at radius 1 is 1.33 bits per heavy atom. The van der Waals surface area contributed by atoms with Crippen LogP contribution in [0.25, 0.3) is 0 Å². The molecule has 80 valence electrons. The third kappa shape index (κ3) is 2.14. The highest BCUT2D eigenvalue weighted by molar-refractivity contribution is 5.34. The number of rotatable bonds is 1. The Morgan fingerprint density at radius 3 is 2.80 bits per heavy atom. The van der Waals surface area contributed by atoms with Crippen LogP contribution in [-0.2, 0) is 5.41 Å². The molecule has 0 amide bonds. The molecule has 0 heteroatoms. The van der Waals surface area contributed by atoms with Gasteiger partial charge in [-0.3, -0.25) is 0 Å². The van der Waals surface area contributed by atoms with Crippen LogP contribution in [0.1, 0.15) is 37.8 Å². The lowest BCUT2D eigenvalue weighted by Crippen LogP contribution is -2.25. The molecule has 0 nitrogen and oxygen atoms in total. The molecule has 2 unspecified atom stereocenters. The van der Waals surface area contributed by atoms with E-state index in [0.29, 0.717) is 0 Å². The van der Waals surface area contributed by atoms with Gasteiger partial charge in [0.05, 0.1) is 0 Å². The SMILES string of the molecule is Cc1cccc(C2(C)C=CCC(C)C2)c1. The predicted octanol–water partition coefficient (Wildman–Crippen LogP) is 4.24. The zero-order valence-electron chi connectivity index (χ0n) is 9.96. The highest BCUT2D eigenvalue weighted by atomic mass is 14.3. The molecule has 1 aromatic rings. The second kappa shape index (κ2) is 3.84. The number of hydrogen-bond acceptors (Lipinski definition) is 0. The Bertz CT molecular complexity index is 375. The van der Waals surface area contributed by atoms with Crippen molar-refractivity contribution in [3.05, 3.63) is 47.5 Å². The summed E-state index contributed by atoms with van der Waals surface area (Å²) in [5.74, 6) is 0.806. The van der Waals surface area contributed by atoms with Gasteiger partial charge in [0, 0.05) is 5.41 Å². The minimum Gasteiger partial charge on any atom is -0.0874 e. The smallest absolute Gasteiger partial charge is 0.0106 e. The van der Waals surface area contributed by atoms with Crippen molar-refractivity contribution in [3.63, 3.8) is 0 Å². The molecule has 1 aliphatic carbocycles. The van der Waals surface area contributed by atoms with Crippen molar-refractivity contribution >= 4 is 0 Å². The van der Waals surface area contributed by atoms with Gasteiger partial charge in [0.1, 0.15) is 0 Å². The van der Waals surface area contributed by atoms with Gasteiger partial charge in [0.25, 0.3) is 0 Å². The second-order valence-electron chi connectivity index (χ2n) is 5.23. The quantitative estimate of drug-likeness (QED) is 0.595. The third-order valence-corrected chi connectivity index (χ3v) is 3.47. The van der Waals surface area contributed by atoms with Crippen molar-refractivity contribution < 1.29 is 0 Å². The zero-order chi connectivity index (χ0) is 10.9. The maximum Gasteiger partial charge on any atom is 0.0106 e. The molecule has 0 radical (unpaired) electrons. The first-order valence-corrected chi connectivity index (χ1v) is 5.85. The van der Waals surface area contributed by atoms with E-state index in [1.165, 1.54) is 24.0 Å². The van der Waals surface area contributed by atoms with E-state index in [9.17, 15) is 0 Å². The molecule has 15 heavy (non-hydrogen) atoms. The summed E-state index contributed by atoms with van der Waals surface area (Å²) < 4.78 is 0. The van der Waals surface area contributed by atoms with Gasteiger partial charge < -0.3 is 0 Å². The largest absolute Gasteiger partial charge is 0.0874 e. The van der Waals surface area contributed by atoms with E-state index in [0.717, 1.165) is 5.92 Å². The van der Waals surface area contributed by atoms with Crippen LogP contribution >= 0.6 is 0 Å². The highest BCUT2D eigenvalue weighted by Crippen LogP contribution is 2.37. The van der Waals surface area contributed by atoms with Crippen LogP contribution in [0, 0.1) is 12.8 Å². The van der Waals surface area contributed by atoms with Crippen LogP contribution in [0.4, 0.5) is 0 Å². The third-order valence-electron chi connectivity index (χ3n) is 3.47. The molecule has 0 aliphatic heterocycles. The van der Waals surface area contributed by atoms with Crippen molar-refractivity contribution in [1.29, 1.82) is 0 Å². The van der Waals surface area contributed by atoms with Crippen LogP contribution in [0.3, 0.4) is 0 Å². The summed E-state index contributed by atoms with van der Waals surface area (Å²) in [7, 11) is 0.